The highest BCUT2D eigenvalue weighted by atomic mass is 32.2. The third-order valence-electron chi connectivity index (χ3n) is 3.76. The molecule has 148 valence electrons. The number of benzene rings is 1. The highest BCUT2D eigenvalue weighted by molar-refractivity contribution is 7.89. The molecule has 0 saturated carbocycles. The number of hydrogen-bond acceptors (Lipinski definition) is 4. The fourth-order valence-electron chi connectivity index (χ4n) is 2.53. The maximum atomic E-state index is 12.4. The maximum Gasteiger partial charge on any atom is 0.471 e. The van der Waals surface area contributed by atoms with E-state index in [4.69, 9.17) is 0 Å². The molecule has 0 aliphatic carbocycles. The third kappa shape index (κ3) is 4.15. The predicted molar refractivity (Wildman–Crippen MR) is 96.2 cm³/mol. The fraction of sp³-hybridized carbons (Fsp3) is 0.176. The lowest BCUT2D eigenvalue weighted by atomic mass is 10.1. The zero-order chi connectivity index (χ0) is 20.5. The first kappa shape index (κ1) is 19.8. The van der Waals surface area contributed by atoms with E-state index in [2.05, 4.69) is 9.71 Å². The topological polar surface area (TPSA) is 92.6 Å². The monoisotopic (exact) mass is 412 g/mol. The van der Waals surface area contributed by atoms with E-state index < -0.39 is 22.1 Å². The molecule has 11 heteroatoms. The summed E-state index contributed by atoms with van der Waals surface area (Å²) in [6, 6.07) is 9.44. The number of carbonyl (C=O) groups excluding carboxylic acids is 1. The van der Waals surface area contributed by atoms with Crippen LogP contribution in [0.15, 0.2) is 53.7 Å². The number of pyridine rings is 1. The summed E-state index contributed by atoms with van der Waals surface area (Å²) in [7, 11) is -3.63. The van der Waals surface area contributed by atoms with Gasteiger partial charge < -0.3 is 9.72 Å². The van der Waals surface area contributed by atoms with Crippen LogP contribution in [0, 0.1) is 0 Å². The Labute approximate surface area is 158 Å². The standard InChI is InChI=1S/C17H15F3N4O3S/c1-2-21-28(26,27)13-5-3-4-11(8-13)12-6-7-15-22-14(10-24(15)9-12)23-16(25)17(18,19)20/h3-10,21H,2H2,1H3,(H,23,25). The van der Waals surface area contributed by atoms with Gasteiger partial charge in [-0.05, 0) is 35.4 Å². The molecule has 1 aromatic carbocycles. The number of alkyl halides is 3. The van der Waals surface area contributed by atoms with Crippen LogP contribution in [0.2, 0.25) is 0 Å². The summed E-state index contributed by atoms with van der Waals surface area (Å²) in [5, 5.41) is 1.69. The molecular formula is C17H15F3N4O3S. The zero-order valence-corrected chi connectivity index (χ0v) is 15.3. The smallest absolute Gasteiger partial charge is 0.304 e. The van der Waals surface area contributed by atoms with E-state index in [9.17, 15) is 26.4 Å². The molecule has 0 spiro atoms. The summed E-state index contributed by atoms with van der Waals surface area (Å²) in [4.78, 5) is 15.0. The molecule has 2 aromatic heterocycles. The maximum absolute atomic E-state index is 12.4. The van der Waals surface area contributed by atoms with Crippen molar-refractivity contribution in [1.82, 2.24) is 14.1 Å². The molecule has 28 heavy (non-hydrogen) atoms. The van der Waals surface area contributed by atoms with Gasteiger partial charge in [-0.1, -0.05) is 19.1 Å². The van der Waals surface area contributed by atoms with E-state index in [-0.39, 0.29) is 17.3 Å². The van der Waals surface area contributed by atoms with Crippen LogP contribution < -0.4 is 10.0 Å². The SMILES string of the molecule is CCNS(=O)(=O)c1cccc(-c2ccc3nc(NC(=O)C(F)(F)F)cn3c2)c1. The van der Waals surface area contributed by atoms with E-state index in [1.54, 1.807) is 42.7 Å². The lowest BCUT2D eigenvalue weighted by molar-refractivity contribution is -0.167. The highest BCUT2D eigenvalue weighted by Crippen LogP contribution is 2.24. The van der Waals surface area contributed by atoms with Gasteiger partial charge in [0.05, 0.1) is 11.1 Å². The molecule has 0 fully saturated rings. The second-order valence-electron chi connectivity index (χ2n) is 5.79. The Morgan fingerprint density at radius 3 is 2.57 bits per heavy atom. The van der Waals surface area contributed by atoms with Crippen LogP contribution in [0.5, 0.6) is 0 Å². The zero-order valence-electron chi connectivity index (χ0n) is 14.5. The number of anilines is 1. The van der Waals surface area contributed by atoms with E-state index in [1.807, 2.05) is 0 Å². The largest absolute Gasteiger partial charge is 0.471 e. The van der Waals surface area contributed by atoms with Crippen molar-refractivity contribution in [3.63, 3.8) is 0 Å². The van der Waals surface area contributed by atoms with Crippen LogP contribution in [0.4, 0.5) is 19.0 Å². The van der Waals surface area contributed by atoms with E-state index in [0.717, 1.165) is 0 Å². The Bertz CT molecular complexity index is 1140. The second kappa shape index (κ2) is 7.24. The number of sulfonamides is 1. The first-order valence-electron chi connectivity index (χ1n) is 8.07. The van der Waals surface area contributed by atoms with Gasteiger partial charge in [-0.2, -0.15) is 13.2 Å². The first-order chi connectivity index (χ1) is 13.1. The van der Waals surface area contributed by atoms with Gasteiger partial charge in [0, 0.05) is 12.7 Å². The van der Waals surface area contributed by atoms with E-state index in [1.165, 1.54) is 22.7 Å². The number of carbonyl (C=O) groups is 1. The average Bonchev–Trinajstić information content (AvgIpc) is 3.02. The summed E-state index contributed by atoms with van der Waals surface area (Å²) >= 11 is 0. The molecule has 3 aromatic rings. The Kier molecular flexibility index (Phi) is 5.13. The minimum Gasteiger partial charge on any atom is -0.304 e. The average molecular weight is 412 g/mol. The van der Waals surface area contributed by atoms with Crippen molar-refractivity contribution in [2.75, 3.05) is 11.9 Å². The normalized spacial score (nSPS) is 12.3. The summed E-state index contributed by atoms with van der Waals surface area (Å²) < 4.78 is 65.2. The summed E-state index contributed by atoms with van der Waals surface area (Å²) in [5.74, 6) is -2.36. The van der Waals surface area contributed by atoms with Gasteiger partial charge in [0.1, 0.15) is 5.65 Å². The summed E-state index contributed by atoms with van der Waals surface area (Å²) in [6.45, 7) is 1.92. The van der Waals surface area contributed by atoms with Crippen molar-refractivity contribution in [2.45, 2.75) is 18.0 Å². The Morgan fingerprint density at radius 1 is 1.14 bits per heavy atom. The van der Waals surface area contributed by atoms with Gasteiger partial charge in [0.2, 0.25) is 10.0 Å². The number of nitrogens with one attached hydrogen (secondary N) is 2. The van der Waals surface area contributed by atoms with Gasteiger partial charge in [0.25, 0.3) is 0 Å². The summed E-state index contributed by atoms with van der Waals surface area (Å²) in [5.41, 5.74) is 1.53. The van der Waals surface area contributed by atoms with Gasteiger partial charge >= 0.3 is 12.1 Å². The highest BCUT2D eigenvalue weighted by Gasteiger charge is 2.39. The number of imidazole rings is 1. The van der Waals surface area contributed by atoms with Crippen LogP contribution in [-0.2, 0) is 14.8 Å². The molecule has 0 aliphatic rings. The number of halogens is 3. The Morgan fingerprint density at radius 2 is 1.89 bits per heavy atom. The number of fused-ring (bicyclic) bond motifs is 1. The van der Waals surface area contributed by atoms with Gasteiger partial charge in [-0.25, -0.2) is 18.1 Å². The van der Waals surface area contributed by atoms with Crippen LogP contribution in [-0.4, -0.2) is 36.4 Å². The molecule has 2 N–H and O–H groups in total. The molecule has 1 amide bonds. The number of amides is 1. The molecular weight excluding hydrogens is 397 g/mol. The predicted octanol–water partition coefficient (Wildman–Crippen LogP) is 2.80. The molecule has 0 atom stereocenters. The minimum absolute atomic E-state index is 0.0932. The molecule has 0 unspecified atom stereocenters. The third-order valence-corrected chi connectivity index (χ3v) is 5.31. The van der Waals surface area contributed by atoms with E-state index in [0.29, 0.717) is 16.8 Å². The van der Waals surface area contributed by atoms with Gasteiger partial charge in [-0.15, -0.1) is 0 Å². The van der Waals surface area contributed by atoms with Crippen molar-refractivity contribution < 1.29 is 26.4 Å². The second-order valence-corrected chi connectivity index (χ2v) is 7.56. The molecule has 0 bridgehead atoms. The van der Waals surface area contributed by atoms with Crippen LogP contribution >= 0.6 is 0 Å². The van der Waals surface area contributed by atoms with Crippen LogP contribution in [0.25, 0.3) is 16.8 Å². The van der Waals surface area contributed by atoms with Gasteiger partial charge in [0.15, 0.2) is 5.82 Å². The molecule has 2 heterocycles. The minimum atomic E-state index is -5.01. The van der Waals surface area contributed by atoms with Crippen LogP contribution in [0.3, 0.4) is 0 Å². The number of aromatic nitrogens is 2. The number of rotatable bonds is 5. The van der Waals surface area contributed by atoms with Crippen molar-refractivity contribution >= 4 is 27.4 Å². The molecule has 0 aliphatic heterocycles. The molecule has 7 nitrogen and oxygen atoms in total. The number of hydrogen-bond donors (Lipinski definition) is 2. The van der Waals surface area contributed by atoms with Crippen molar-refractivity contribution in [2.24, 2.45) is 0 Å². The summed E-state index contributed by atoms with van der Waals surface area (Å²) in [6.07, 6.45) is -2.20. The fourth-order valence-corrected chi connectivity index (χ4v) is 3.61. The van der Waals surface area contributed by atoms with E-state index >= 15 is 0 Å². The lowest BCUT2D eigenvalue weighted by Crippen LogP contribution is -2.30. The molecule has 0 saturated heterocycles. The van der Waals surface area contributed by atoms with Gasteiger partial charge in [-0.3, -0.25) is 4.79 Å². The van der Waals surface area contributed by atoms with Crippen molar-refractivity contribution in [3.8, 4) is 11.1 Å². The van der Waals surface area contributed by atoms with Crippen molar-refractivity contribution in [3.05, 3.63) is 48.8 Å². The Hall–Kier alpha value is -2.92. The quantitative estimate of drug-likeness (QED) is 0.674. The van der Waals surface area contributed by atoms with Crippen LogP contribution in [0.1, 0.15) is 6.92 Å². The molecule has 3 rings (SSSR count). The Balaban J connectivity index is 1.94. The molecule has 0 radical (unpaired) electrons. The number of nitrogens with zero attached hydrogens (tertiary/aromatic N) is 2. The lowest BCUT2D eigenvalue weighted by Gasteiger charge is -2.07. The first-order valence-corrected chi connectivity index (χ1v) is 9.55. The van der Waals surface area contributed by atoms with Crippen molar-refractivity contribution in [1.29, 1.82) is 0 Å².